The van der Waals surface area contributed by atoms with E-state index in [0.29, 0.717) is 83.0 Å². The Hall–Kier alpha value is -7.26. The monoisotopic (exact) mass is 886 g/mol. The number of ether oxygens (including phenoxy) is 2. The van der Waals surface area contributed by atoms with Crippen molar-refractivity contribution in [2.75, 3.05) is 26.3 Å². The van der Waals surface area contributed by atoms with Gasteiger partial charge in [-0.2, -0.15) is 10.5 Å². The van der Waals surface area contributed by atoms with Crippen LogP contribution in [-0.4, -0.2) is 80.3 Å². The number of aliphatic hydroxyl groups is 2. The van der Waals surface area contributed by atoms with Crippen LogP contribution in [0.3, 0.4) is 0 Å². The molecule has 2 amide bonds. The second-order valence-corrected chi connectivity index (χ2v) is 17.6. The van der Waals surface area contributed by atoms with E-state index in [2.05, 4.69) is 34.2 Å². The van der Waals surface area contributed by atoms with Crippen LogP contribution < -0.4 is 9.47 Å². The summed E-state index contributed by atoms with van der Waals surface area (Å²) in [5, 5.41) is 37.9. The summed E-state index contributed by atoms with van der Waals surface area (Å²) in [5.41, 5.74) is 8.80. The van der Waals surface area contributed by atoms with E-state index in [1.165, 1.54) is 11.1 Å². The van der Waals surface area contributed by atoms with E-state index < -0.39 is 0 Å². The number of aliphatic hydroxyl groups excluding tert-OH is 2. The molecule has 14 heteroatoms. The Morgan fingerprint density at radius 3 is 1.45 bits per heavy atom. The van der Waals surface area contributed by atoms with Crippen molar-refractivity contribution in [3.05, 3.63) is 119 Å². The highest BCUT2D eigenvalue weighted by Gasteiger charge is 2.47. The van der Waals surface area contributed by atoms with Crippen molar-refractivity contribution in [2.45, 2.75) is 77.7 Å². The maximum Gasteiger partial charge on any atom is 0.226 e. The van der Waals surface area contributed by atoms with Gasteiger partial charge in [-0.3, -0.25) is 9.59 Å². The van der Waals surface area contributed by atoms with Crippen molar-refractivity contribution in [3.63, 3.8) is 0 Å². The first kappa shape index (κ1) is 44.0. The quantitative estimate of drug-likeness (QED) is 0.120. The highest BCUT2D eigenvalue weighted by Crippen LogP contribution is 2.51. The largest absolute Gasteiger partial charge is 0.490 e. The molecule has 0 radical (unpaired) electrons. The fourth-order valence-corrected chi connectivity index (χ4v) is 10.2. The van der Waals surface area contributed by atoms with Crippen LogP contribution in [0, 0.1) is 34.5 Å². The van der Waals surface area contributed by atoms with Crippen LogP contribution in [0.4, 0.5) is 0 Å². The van der Waals surface area contributed by atoms with Crippen LogP contribution in [0.5, 0.6) is 11.5 Å². The van der Waals surface area contributed by atoms with E-state index in [1.807, 2.05) is 64.1 Å². The van der Waals surface area contributed by atoms with Gasteiger partial charge in [0.2, 0.25) is 23.6 Å². The van der Waals surface area contributed by atoms with Crippen molar-refractivity contribution in [2.24, 2.45) is 11.8 Å². The molecule has 6 aromatic rings. The van der Waals surface area contributed by atoms with E-state index in [9.17, 15) is 30.3 Å². The van der Waals surface area contributed by atoms with Gasteiger partial charge in [0.15, 0.2) is 11.5 Å². The topological polar surface area (TPSA) is 199 Å². The fourth-order valence-electron chi connectivity index (χ4n) is 10.2. The van der Waals surface area contributed by atoms with E-state index in [4.69, 9.17) is 18.3 Å². The zero-order chi connectivity index (χ0) is 46.2. The van der Waals surface area contributed by atoms with Crippen LogP contribution in [-0.2, 0) is 22.4 Å². The molecular formula is C52H50N6O8. The second-order valence-electron chi connectivity index (χ2n) is 17.6. The molecule has 0 bridgehead atoms. The third-order valence-corrected chi connectivity index (χ3v) is 12.7. The van der Waals surface area contributed by atoms with Crippen molar-refractivity contribution in [1.29, 1.82) is 10.5 Å². The zero-order valence-corrected chi connectivity index (χ0v) is 37.2. The SMILES string of the molecule is CC(C)Oc1ccc(-c2ncc(-c3cccc4c3C[C@@H]3CC(=O)N(CCO)[C@H]43)o2)cc1C#N.CC(C)Oc1ccc(-c2ncc(-c3cccc4c3C[C@H]3CC(=O)N(CCO)[C@@H]43)o2)cc1C#N. The molecule has 2 aromatic heterocycles. The number of β-amino-alcohol motifs (C(OH)–C–C–N with tert-alkyl or cyclic N) is 2. The first-order valence-electron chi connectivity index (χ1n) is 22.4. The van der Waals surface area contributed by atoms with Gasteiger partial charge in [0.1, 0.15) is 23.6 Å². The van der Waals surface area contributed by atoms with Crippen molar-refractivity contribution < 1.29 is 38.1 Å². The summed E-state index contributed by atoms with van der Waals surface area (Å²) >= 11 is 0. The Balaban J connectivity index is 0.000000166. The lowest BCUT2D eigenvalue weighted by Crippen LogP contribution is -2.30. The van der Waals surface area contributed by atoms with Crippen molar-refractivity contribution >= 4 is 11.8 Å². The molecule has 4 heterocycles. The third kappa shape index (κ3) is 8.19. The lowest BCUT2D eigenvalue weighted by molar-refractivity contribution is -0.130. The predicted octanol–water partition coefficient (Wildman–Crippen LogP) is 8.21. The van der Waals surface area contributed by atoms with Gasteiger partial charge in [-0.1, -0.05) is 36.4 Å². The molecule has 2 aliphatic carbocycles. The summed E-state index contributed by atoms with van der Waals surface area (Å²) in [4.78, 5) is 37.3. The molecule has 0 spiro atoms. The molecule has 2 aliphatic heterocycles. The molecule has 66 heavy (non-hydrogen) atoms. The molecule has 2 saturated heterocycles. The number of carbonyl (C=O) groups excluding carboxylic acids is 2. The first-order chi connectivity index (χ1) is 32.0. The normalized spacial score (nSPS) is 19.0. The van der Waals surface area contributed by atoms with Gasteiger partial charge < -0.3 is 38.3 Å². The standard InChI is InChI=1S/2C26H25N3O4/c2*1-15(2)32-22-7-6-16(10-18(22)13-27)26-28-14-23(33-26)19-4-3-5-20-21(19)11-17-12-24(31)29(8-9-30)25(17)20/h2*3-7,10,14-15,17,25,30H,8-9,11-12H2,1-2H3/t2*17-,25+/m10/s1. The van der Waals surface area contributed by atoms with Gasteiger partial charge in [0, 0.05) is 48.2 Å². The lowest BCUT2D eigenvalue weighted by atomic mass is 10.0. The minimum atomic E-state index is -0.0405. The summed E-state index contributed by atoms with van der Waals surface area (Å²) in [7, 11) is 0. The Morgan fingerprint density at radius 1 is 0.652 bits per heavy atom. The lowest BCUT2D eigenvalue weighted by Gasteiger charge is -2.24. The molecule has 4 atom stereocenters. The number of hydrogen-bond donors (Lipinski definition) is 2. The minimum absolute atomic E-state index is 0.00804. The smallest absolute Gasteiger partial charge is 0.226 e. The molecule has 4 aromatic carbocycles. The summed E-state index contributed by atoms with van der Waals surface area (Å²) in [6.07, 6.45) is 5.95. The molecule has 2 fully saturated rings. The third-order valence-electron chi connectivity index (χ3n) is 12.7. The van der Waals surface area contributed by atoms with Crippen LogP contribution in [0.15, 0.2) is 94.0 Å². The number of rotatable bonds is 12. The Labute approximate surface area is 382 Å². The second kappa shape index (κ2) is 18.3. The number of amides is 2. The average molecular weight is 887 g/mol. The number of fused-ring (bicyclic) bond motifs is 6. The Morgan fingerprint density at radius 2 is 1.08 bits per heavy atom. The van der Waals surface area contributed by atoms with Crippen LogP contribution in [0.25, 0.3) is 45.6 Å². The van der Waals surface area contributed by atoms with Gasteiger partial charge in [-0.05, 0) is 111 Å². The fraction of sp³-hybridized carbons (Fsp3) is 0.346. The number of hydrogen-bond acceptors (Lipinski definition) is 12. The molecule has 10 rings (SSSR count). The molecular weight excluding hydrogens is 837 g/mol. The van der Waals surface area contributed by atoms with Gasteiger partial charge in [0.25, 0.3) is 0 Å². The number of oxazole rings is 2. The first-order valence-corrected chi connectivity index (χ1v) is 22.4. The van der Waals surface area contributed by atoms with Crippen molar-refractivity contribution in [3.8, 4) is 69.2 Å². The summed E-state index contributed by atoms with van der Waals surface area (Å²) < 4.78 is 23.7. The van der Waals surface area contributed by atoms with Crippen LogP contribution in [0.2, 0.25) is 0 Å². The van der Waals surface area contributed by atoms with Gasteiger partial charge in [-0.15, -0.1) is 0 Å². The highest BCUT2D eigenvalue weighted by atomic mass is 16.5. The molecule has 2 N–H and O–H groups in total. The van der Waals surface area contributed by atoms with Gasteiger partial charge in [0.05, 0.1) is 61.0 Å². The van der Waals surface area contributed by atoms with Crippen molar-refractivity contribution in [1.82, 2.24) is 19.8 Å². The average Bonchev–Trinajstić information content (AvgIpc) is 4.17. The van der Waals surface area contributed by atoms with Gasteiger partial charge in [-0.25, -0.2) is 9.97 Å². The van der Waals surface area contributed by atoms with E-state index in [0.717, 1.165) is 35.1 Å². The van der Waals surface area contributed by atoms with E-state index >= 15 is 0 Å². The molecule has 336 valence electrons. The van der Waals surface area contributed by atoms with Crippen LogP contribution in [0.1, 0.15) is 86.0 Å². The van der Waals surface area contributed by atoms with Gasteiger partial charge >= 0.3 is 0 Å². The molecule has 14 nitrogen and oxygen atoms in total. The maximum absolute atomic E-state index is 12.4. The molecule has 4 aliphatic rings. The number of carbonyl (C=O) groups is 2. The number of aromatic nitrogens is 2. The zero-order valence-electron chi connectivity index (χ0n) is 37.2. The number of nitriles is 2. The van der Waals surface area contributed by atoms with Crippen LogP contribution >= 0.6 is 0 Å². The van der Waals surface area contributed by atoms with E-state index in [1.54, 1.807) is 46.5 Å². The maximum atomic E-state index is 12.4. The summed E-state index contributed by atoms with van der Waals surface area (Å²) in [6, 6.07) is 27.2. The molecule has 0 unspecified atom stereocenters. The predicted molar refractivity (Wildman–Crippen MR) is 242 cm³/mol. The Bertz CT molecular complexity index is 2710. The number of nitrogens with zero attached hydrogens (tertiary/aromatic N) is 6. The molecule has 0 saturated carbocycles. The summed E-state index contributed by atoms with van der Waals surface area (Å²) in [6.45, 7) is 8.30. The number of benzene rings is 4. The minimum Gasteiger partial charge on any atom is -0.490 e. The Kier molecular flexibility index (Phi) is 12.2. The number of likely N-dealkylation sites (tertiary alicyclic amines) is 2. The summed E-state index contributed by atoms with van der Waals surface area (Å²) in [5.74, 6) is 3.91. The van der Waals surface area contributed by atoms with E-state index in [-0.39, 0.29) is 61.2 Å². The highest BCUT2D eigenvalue weighted by molar-refractivity contribution is 5.82.